The molecule has 0 atom stereocenters. The number of carbonyl (C=O) groups is 2. The first-order valence-corrected chi connectivity index (χ1v) is 14.9. The molecule has 13 heteroatoms. The number of hydrogen-bond donors (Lipinski definition) is 3. The number of phenolic OH excluding ortho intramolecular Hbond substituents is 1. The van der Waals surface area contributed by atoms with Crippen molar-refractivity contribution >= 4 is 50.7 Å². The number of phenols is 1. The number of primary amides is 1. The first-order valence-electron chi connectivity index (χ1n) is 14.0. The van der Waals surface area contributed by atoms with Gasteiger partial charge in [-0.05, 0) is 78.9 Å². The average Bonchev–Trinajstić information content (AvgIpc) is 3.87. The number of benzene rings is 2. The van der Waals surface area contributed by atoms with Gasteiger partial charge in [-0.3, -0.25) is 14.2 Å². The zero-order valence-electron chi connectivity index (χ0n) is 23.7. The molecule has 5 heterocycles. The van der Waals surface area contributed by atoms with Gasteiger partial charge in [-0.1, -0.05) is 6.07 Å². The number of aromatic hydroxyl groups is 1. The van der Waals surface area contributed by atoms with E-state index >= 15 is 0 Å². The van der Waals surface area contributed by atoms with E-state index in [1.165, 1.54) is 29.1 Å². The van der Waals surface area contributed by atoms with E-state index in [-0.39, 0.29) is 16.9 Å². The molecule has 7 aromatic rings. The topological polar surface area (TPSA) is 181 Å². The molecule has 1 aliphatic rings. The molecule has 45 heavy (non-hydrogen) atoms. The molecule has 5 aromatic heterocycles. The lowest BCUT2D eigenvalue weighted by atomic mass is 10.1. The maximum absolute atomic E-state index is 11.1. The lowest BCUT2D eigenvalue weighted by Gasteiger charge is -2.12. The van der Waals surface area contributed by atoms with Gasteiger partial charge in [0.15, 0.2) is 23.6 Å². The van der Waals surface area contributed by atoms with Crippen LogP contribution in [-0.2, 0) is 12.8 Å². The lowest BCUT2D eigenvalue weighted by Crippen LogP contribution is -2.12. The third kappa shape index (κ3) is 4.94. The predicted molar refractivity (Wildman–Crippen MR) is 171 cm³/mol. The summed E-state index contributed by atoms with van der Waals surface area (Å²) < 4.78 is 4.22. The quantitative estimate of drug-likeness (QED) is 0.232. The van der Waals surface area contributed by atoms with Gasteiger partial charge in [0.2, 0.25) is 0 Å². The Balaban J connectivity index is 0.000000183. The number of thiazole rings is 1. The summed E-state index contributed by atoms with van der Waals surface area (Å²) in [6.45, 7) is 0. The molecule has 1 aliphatic carbocycles. The number of nitrogens with two attached hydrogens (primary N) is 2. The van der Waals surface area contributed by atoms with Crippen molar-refractivity contribution in [3.63, 3.8) is 0 Å². The summed E-state index contributed by atoms with van der Waals surface area (Å²) in [6.07, 6.45) is 9.23. The van der Waals surface area contributed by atoms with Gasteiger partial charge < -0.3 is 16.6 Å². The smallest absolute Gasteiger partial charge is 0.250 e. The van der Waals surface area contributed by atoms with E-state index in [9.17, 15) is 14.7 Å². The van der Waals surface area contributed by atoms with Crippen LogP contribution in [0.25, 0.3) is 44.3 Å². The van der Waals surface area contributed by atoms with Crippen LogP contribution in [0.1, 0.15) is 38.3 Å². The Morgan fingerprint density at radius 3 is 2.64 bits per heavy atom. The minimum absolute atomic E-state index is 0.0422. The number of nitrogen functional groups attached to an aromatic ring is 1. The van der Waals surface area contributed by atoms with E-state index in [0.29, 0.717) is 22.3 Å². The van der Waals surface area contributed by atoms with Crippen LogP contribution in [0.2, 0.25) is 0 Å². The van der Waals surface area contributed by atoms with Crippen LogP contribution in [0.3, 0.4) is 0 Å². The Hall–Kier alpha value is -5.95. The third-order valence-corrected chi connectivity index (χ3v) is 8.49. The maximum atomic E-state index is 11.1. The Kier molecular flexibility index (Phi) is 6.98. The van der Waals surface area contributed by atoms with Gasteiger partial charge in [0.25, 0.3) is 5.91 Å². The molecular formula is C32H25N9O3S. The van der Waals surface area contributed by atoms with E-state index in [2.05, 4.69) is 37.8 Å². The first kappa shape index (κ1) is 27.9. The molecule has 0 saturated heterocycles. The highest BCUT2D eigenvalue weighted by Crippen LogP contribution is 2.34. The summed E-state index contributed by atoms with van der Waals surface area (Å²) in [6, 6.07) is 17.5. The summed E-state index contributed by atoms with van der Waals surface area (Å²) in [5.74, 6) is 1.09. The van der Waals surface area contributed by atoms with Crippen molar-refractivity contribution in [3.05, 3.63) is 101 Å². The van der Waals surface area contributed by atoms with E-state index in [0.717, 1.165) is 58.2 Å². The number of amides is 1. The second kappa shape index (κ2) is 11.3. The van der Waals surface area contributed by atoms with Crippen LogP contribution >= 0.6 is 11.3 Å². The SMILES string of the molecule is NC(=O)c1cc(C=O)c(O)c2scnc12.Nc1ncccc1-c1nc2ccc(-n3cccn3)nc2n1-c1ccc2c(c1)CCC2. The number of fused-ring (bicyclic) bond motifs is 3. The fourth-order valence-corrected chi connectivity index (χ4v) is 6.28. The van der Waals surface area contributed by atoms with Crippen molar-refractivity contribution in [1.82, 2.24) is 34.3 Å². The van der Waals surface area contributed by atoms with Gasteiger partial charge in [0.1, 0.15) is 17.1 Å². The molecule has 2 aromatic carbocycles. The largest absolute Gasteiger partial charge is 0.506 e. The summed E-state index contributed by atoms with van der Waals surface area (Å²) in [5.41, 5.74) is 19.5. The van der Waals surface area contributed by atoms with Gasteiger partial charge in [-0.15, -0.1) is 11.3 Å². The van der Waals surface area contributed by atoms with E-state index in [4.69, 9.17) is 21.4 Å². The van der Waals surface area contributed by atoms with Gasteiger partial charge in [0, 0.05) is 24.3 Å². The highest BCUT2D eigenvalue weighted by atomic mass is 32.1. The Morgan fingerprint density at radius 2 is 1.87 bits per heavy atom. The van der Waals surface area contributed by atoms with Gasteiger partial charge in [-0.25, -0.2) is 24.6 Å². The Bertz CT molecular complexity index is 2240. The van der Waals surface area contributed by atoms with E-state index < -0.39 is 5.91 Å². The number of aldehydes is 1. The van der Waals surface area contributed by atoms with Crippen LogP contribution in [0.4, 0.5) is 5.82 Å². The second-order valence-electron chi connectivity index (χ2n) is 10.4. The van der Waals surface area contributed by atoms with Crippen LogP contribution < -0.4 is 11.5 Å². The maximum Gasteiger partial charge on any atom is 0.250 e. The van der Waals surface area contributed by atoms with Crippen LogP contribution in [-0.4, -0.2) is 51.6 Å². The number of anilines is 1. The molecule has 0 saturated carbocycles. The number of aryl methyl sites for hydroxylation is 2. The van der Waals surface area contributed by atoms with Gasteiger partial charge in [0.05, 0.1) is 32.4 Å². The molecule has 0 spiro atoms. The molecule has 12 nitrogen and oxygen atoms in total. The summed E-state index contributed by atoms with van der Waals surface area (Å²) in [5, 5.41) is 13.9. The lowest BCUT2D eigenvalue weighted by molar-refractivity contribution is 0.100. The number of hydrogen-bond acceptors (Lipinski definition) is 10. The van der Waals surface area contributed by atoms with Crippen LogP contribution in [0, 0.1) is 0 Å². The second-order valence-corrected chi connectivity index (χ2v) is 11.2. The van der Waals surface area contributed by atoms with Gasteiger partial charge >= 0.3 is 0 Å². The molecule has 0 aliphatic heterocycles. The van der Waals surface area contributed by atoms with Crippen LogP contribution in [0.15, 0.2) is 78.7 Å². The zero-order chi connectivity index (χ0) is 31.1. The summed E-state index contributed by atoms with van der Waals surface area (Å²) in [4.78, 5) is 39.7. The monoisotopic (exact) mass is 615 g/mol. The minimum atomic E-state index is -0.672. The molecule has 0 unspecified atom stereocenters. The minimum Gasteiger partial charge on any atom is -0.506 e. The summed E-state index contributed by atoms with van der Waals surface area (Å²) in [7, 11) is 0. The number of rotatable bonds is 5. The number of nitrogens with zero attached hydrogens (tertiary/aromatic N) is 7. The molecular weight excluding hydrogens is 590 g/mol. The van der Waals surface area contributed by atoms with Gasteiger partial charge in [-0.2, -0.15) is 5.10 Å². The highest BCUT2D eigenvalue weighted by Gasteiger charge is 2.21. The van der Waals surface area contributed by atoms with Crippen molar-refractivity contribution < 1.29 is 14.7 Å². The molecule has 222 valence electrons. The molecule has 0 bridgehead atoms. The fraction of sp³-hybridized carbons (Fsp3) is 0.0938. The van der Waals surface area contributed by atoms with Crippen molar-refractivity contribution in [1.29, 1.82) is 0 Å². The number of pyridine rings is 2. The first-order chi connectivity index (χ1) is 21.9. The fourth-order valence-electron chi connectivity index (χ4n) is 5.52. The molecule has 0 fully saturated rings. The molecule has 0 radical (unpaired) electrons. The van der Waals surface area contributed by atoms with Crippen LogP contribution in [0.5, 0.6) is 5.75 Å². The van der Waals surface area contributed by atoms with Crippen molar-refractivity contribution in [2.75, 3.05) is 5.73 Å². The number of imidazole rings is 1. The molecule has 1 amide bonds. The normalized spacial score (nSPS) is 12.2. The van der Waals surface area contributed by atoms with E-state index in [1.54, 1.807) is 17.1 Å². The standard InChI is InChI=1S/C23H19N7.C9H6N2O3S/c24-21-18(6-2-11-25-21)22-27-19-9-10-20(29-13-3-12-26-29)28-23(19)30(22)17-8-7-15-4-1-5-16(15)14-17;10-9(14)5-1-4(2-12)7(13)8-6(5)11-3-15-8/h2-3,6-14H,1,4-5H2,(H2,24,25);1-3,13H,(H2,10,14). The number of carbonyl (C=O) groups excluding carboxylic acids is 2. The molecule has 5 N–H and O–H groups in total. The zero-order valence-corrected chi connectivity index (χ0v) is 24.5. The predicted octanol–water partition coefficient (Wildman–Crippen LogP) is 4.65. The molecule has 8 rings (SSSR count). The van der Waals surface area contributed by atoms with Crippen molar-refractivity contribution in [2.24, 2.45) is 5.73 Å². The Labute approximate surface area is 259 Å². The summed E-state index contributed by atoms with van der Waals surface area (Å²) >= 11 is 1.15. The number of aromatic nitrogens is 7. The van der Waals surface area contributed by atoms with E-state index in [1.807, 2.05) is 36.5 Å². The third-order valence-electron chi connectivity index (χ3n) is 7.65. The Morgan fingerprint density at radius 1 is 1.00 bits per heavy atom. The average molecular weight is 616 g/mol. The van der Waals surface area contributed by atoms with Crippen molar-refractivity contribution in [2.45, 2.75) is 19.3 Å². The highest BCUT2D eigenvalue weighted by molar-refractivity contribution is 7.17. The van der Waals surface area contributed by atoms with Crippen molar-refractivity contribution in [3.8, 4) is 28.6 Å².